The first-order valence-electron chi connectivity index (χ1n) is 10.8. The van der Waals surface area contributed by atoms with Crippen LogP contribution in [-0.2, 0) is 11.8 Å². The Balaban J connectivity index is 1.66. The number of anilines is 1. The van der Waals surface area contributed by atoms with Gasteiger partial charge in [0, 0.05) is 29.4 Å². The third-order valence-corrected chi connectivity index (χ3v) is 7.72. The zero-order chi connectivity index (χ0) is 24.0. The van der Waals surface area contributed by atoms with E-state index in [0.717, 1.165) is 27.4 Å². The molecule has 1 amide bonds. The molecule has 1 aliphatic heterocycles. The van der Waals surface area contributed by atoms with Gasteiger partial charge in [0.1, 0.15) is 6.04 Å². The minimum atomic E-state index is -0.544. The lowest BCUT2D eigenvalue weighted by Crippen LogP contribution is -2.40. The van der Waals surface area contributed by atoms with E-state index < -0.39 is 6.04 Å². The highest BCUT2D eigenvalue weighted by molar-refractivity contribution is 7.10. The molecule has 3 aromatic heterocycles. The topological polar surface area (TPSA) is 81.3 Å². The molecule has 1 atom stereocenters. The largest absolute Gasteiger partial charge is 0.322 e. The van der Waals surface area contributed by atoms with Gasteiger partial charge in [0.15, 0.2) is 4.80 Å². The molecule has 0 radical (unpaired) electrons. The number of aryl methyl sites for hydroxylation is 3. The van der Waals surface area contributed by atoms with E-state index in [0.29, 0.717) is 20.6 Å². The number of thiophene rings is 1. The van der Waals surface area contributed by atoms with Crippen molar-refractivity contribution in [1.29, 1.82) is 0 Å². The number of rotatable bonds is 4. The quantitative estimate of drug-likeness (QED) is 0.478. The van der Waals surface area contributed by atoms with Crippen molar-refractivity contribution in [1.82, 2.24) is 14.3 Å². The van der Waals surface area contributed by atoms with Crippen molar-refractivity contribution in [2.75, 3.05) is 5.32 Å². The number of carbonyl (C=O) groups is 1. The Kier molecular flexibility index (Phi) is 5.66. The highest BCUT2D eigenvalue weighted by Crippen LogP contribution is 2.33. The maximum atomic E-state index is 13.6. The number of fused-ring (bicyclic) bond motifs is 1. The Morgan fingerprint density at radius 2 is 1.94 bits per heavy atom. The second kappa shape index (κ2) is 8.66. The van der Waals surface area contributed by atoms with Gasteiger partial charge in [-0.05, 0) is 49.9 Å². The van der Waals surface area contributed by atoms with Gasteiger partial charge in [-0.15, -0.1) is 11.3 Å². The molecule has 9 heteroatoms. The van der Waals surface area contributed by atoms with E-state index in [9.17, 15) is 9.59 Å². The van der Waals surface area contributed by atoms with Crippen LogP contribution in [0.4, 0.5) is 5.69 Å². The molecule has 7 nitrogen and oxygen atoms in total. The van der Waals surface area contributed by atoms with E-state index >= 15 is 0 Å². The van der Waals surface area contributed by atoms with Crippen LogP contribution in [0.25, 0.3) is 6.08 Å². The second-order valence-corrected chi connectivity index (χ2v) is 10.2. The van der Waals surface area contributed by atoms with Gasteiger partial charge in [-0.25, -0.2) is 4.99 Å². The Hall–Kier alpha value is -3.56. The summed E-state index contributed by atoms with van der Waals surface area (Å²) in [6, 6.07) is 11.0. The molecule has 0 saturated heterocycles. The summed E-state index contributed by atoms with van der Waals surface area (Å²) in [5.41, 5.74) is 4.34. The standard InChI is InChI=1S/C25H23N5O2S2/c1-14-8-5-6-9-18(14)27-23(31)21-16(3)26-25-30(22(21)19-10-7-11-33-19)24(32)20(34-25)12-17-13-29(4)28-15(17)2/h5-13,22H,1-4H3,(H,27,31)/t22-/m0/s1. The van der Waals surface area contributed by atoms with Crippen molar-refractivity contribution in [2.24, 2.45) is 12.0 Å². The number of benzene rings is 1. The number of nitrogens with one attached hydrogen (secondary N) is 1. The molecule has 5 rings (SSSR count). The Morgan fingerprint density at radius 1 is 1.15 bits per heavy atom. The first kappa shape index (κ1) is 22.2. The summed E-state index contributed by atoms with van der Waals surface area (Å²) in [7, 11) is 1.85. The normalized spacial score (nSPS) is 15.9. The fourth-order valence-electron chi connectivity index (χ4n) is 4.13. The SMILES string of the molecule is CC1=C(C(=O)Nc2ccccc2C)[C@H](c2cccs2)n2c(sc(=Cc3cn(C)nc3C)c2=O)=N1. The molecule has 1 aliphatic rings. The summed E-state index contributed by atoms with van der Waals surface area (Å²) in [5, 5.41) is 9.35. The van der Waals surface area contributed by atoms with E-state index in [2.05, 4.69) is 15.4 Å². The summed E-state index contributed by atoms with van der Waals surface area (Å²) in [5.74, 6) is -0.258. The second-order valence-electron chi connectivity index (χ2n) is 8.21. The van der Waals surface area contributed by atoms with Crippen molar-refractivity contribution in [3.05, 3.63) is 101 Å². The maximum absolute atomic E-state index is 13.6. The number of carbonyl (C=O) groups excluding carboxylic acids is 1. The van der Waals surface area contributed by atoms with Gasteiger partial charge in [-0.2, -0.15) is 5.10 Å². The van der Waals surface area contributed by atoms with E-state index in [4.69, 9.17) is 0 Å². The fourth-order valence-corrected chi connectivity index (χ4v) is 5.99. The monoisotopic (exact) mass is 489 g/mol. The van der Waals surface area contributed by atoms with Crippen LogP contribution < -0.4 is 20.2 Å². The minimum Gasteiger partial charge on any atom is -0.322 e. The van der Waals surface area contributed by atoms with Crippen molar-refractivity contribution in [2.45, 2.75) is 26.8 Å². The van der Waals surface area contributed by atoms with Gasteiger partial charge in [-0.1, -0.05) is 35.6 Å². The molecule has 0 saturated carbocycles. The average Bonchev–Trinajstić information content (AvgIpc) is 3.50. The molecule has 0 fully saturated rings. The summed E-state index contributed by atoms with van der Waals surface area (Å²) in [6.07, 6.45) is 3.74. The van der Waals surface area contributed by atoms with Crippen LogP contribution >= 0.6 is 22.7 Å². The summed E-state index contributed by atoms with van der Waals surface area (Å²) in [6.45, 7) is 5.69. The van der Waals surface area contributed by atoms with E-state index in [1.807, 2.05) is 81.9 Å². The van der Waals surface area contributed by atoms with Gasteiger partial charge in [0.2, 0.25) is 0 Å². The summed E-state index contributed by atoms with van der Waals surface area (Å²) < 4.78 is 3.93. The molecular formula is C25H23N5O2S2. The number of allylic oxidation sites excluding steroid dienone is 1. The van der Waals surface area contributed by atoms with Crippen LogP contribution in [0.15, 0.2) is 69.0 Å². The molecule has 0 aliphatic carbocycles. The predicted molar refractivity (Wildman–Crippen MR) is 136 cm³/mol. The first-order valence-corrected chi connectivity index (χ1v) is 12.5. The van der Waals surface area contributed by atoms with Gasteiger partial charge < -0.3 is 5.32 Å². The van der Waals surface area contributed by atoms with Gasteiger partial charge in [-0.3, -0.25) is 18.8 Å². The molecule has 1 N–H and O–H groups in total. The smallest absolute Gasteiger partial charge is 0.271 e. The van der Waals surface area contributed by atoms with E-state index in [1.165, 1.54) is 22.7 Å². The lowest BCUT2D eigenvalue weighted by molar-refractivity contribution is -0.113. The summed E-state index contributed by atoms with van der Waals surface area (Å²) >= 11 is 2.85. The minimum absolute atomic E-state index is 0.168. The molecule has 34 heavy (non-hydrogen) atoms. The van der Waals surface area contributed by atoms with Crippen LogP contribution in [0.2, 0.25) is 0 Å². The maximum Gasteiger partial charge on any atom is 0.271 e. The number of hydrogen-bond acceptors (Lipinski definition) is 6. The Morgan fingerprint density at radius 3 is 2.62 bits per heavy atom. The zero-order valence-electron chi connectivity index (χ0n) is 19.2. The molecular weight excluding hydrogens is 466 g/mol. The Labute approximate surface area is 204 Å². The molecule has 1 aromatic carbocycles. The first-order chi connectivity index (χ1) is 16.3. The predicted octanol–water partition coefficient (Wildman–Crippen LogP) is 3.29. The molecule has 172 valence electrons. The van der Waals surface area contributed by atoms with Crippen molar-refractivity contribution in [3.8, 4) is 0 Å². The number of thiazole rings is 1. The number of para-hydroxylation sites is 1. The lowest BCUT2D eigenvalue weighted by Gasteiger charge is -2.24. The highest BCUT2D eigenvalue weighted by atomic mass is 32.1. The molecule has 0 spiro atoms. The van der Waals surface area contributed by atoms with E-state index in [-0.39, 0.29) is 11.5 Å². The lowest BCUT2D eigenvalue weighted by atomic mass is 10.0. The molecule has 4 heterocycles. The molecule has 4 aromatic rings. The third-order valence-electron chi connectivity index (χ3n) is 5.81. The number of amides is 1. The zero-order valence-corrected chi connectivity index (χ0v) is 20.8. The Bertz CT molecular complexity index is 1620. The third kappa shape index (κ3) is 3.86. The van der Waals surface area contributed by atoms with Crippen LogP contribution in [0.5, 0.6) is 0 Å². The number of hydrogen-bond donors (Lipinski definition) is 1. The van der Waals surface area contributed by atoms with Crippen molar-refractivity contribution < 1.29 is 4.79 Å². The van der Waals surface area contributed by atoms with Crippen molar-refractivity contribution >= 4 is 40.3 Å². The van der Waals surface area contributed by atoms with Crippen LogP contribution in [0.3, 0.4) is 0 Å². The average molecular weight is 490 g/mol. The van der Waals surface area contributed by atoms with Gasteiger partial charge in [0.25, 0.3) is 11.5 Å². The van der Waals surface area contributed by atoms with Crippen molar-refractivity contribution in [3.63, 3.8) is 0 Å². The fraction of sp³-hybridized carbons (Fsp3) is 0.200. The number of aromatic nitrogens is 3. The van der Waals surface area contributed by atoms with Gasteiger partial charge in [0.05, 0.1) is 21.5 Å². The van der Waals surface area contributed by atoms with E-state index in [1.54, 1.807) is 9.25 Å². The van der Waals surface area contributed by atoms with Crippen LogP contribution in [0.1, 0.15) is 34.7 Å². The van der Waals surface area contributed by atoms with Crippen LogP contribution in [-0.4, -0.2) is 20.3 Å². The molecule has 0 unspecified atom stereocenters. The number of nitrogens with zero attached hydrogens (tertiary/aromatic N) is 4. The molecule has 0 bridgehead atoms. The highest BCUT2D eigenvalue weighted by Gasteiger charge is 2.33. The van der Waals surface area contributed by atoms with Crippen LogP contribution in [0, 0.1) is 13.8 Å². The summed E-state index contributed by atoms with van der Waals surface area (Å²) in [4.78, 5) is 33.4. The van der Waals surface area contributed by atoms with Gasteiger partial charge >= 0.3 is 0 Å².